The van der Waals surface area contributed by atoms with E-state index in [4.69, 9.17) is 4.42 Å². The molecule has 1 aliphatic heterocycles. The lowest BCUT2D eigenvalue weighted by Gasteiger charge is -2.37. The summed E-state index contributed by atoms with van der Waals surface area (Å²) in [5.41, 5.74) is 2.27. The lowest BCUT2D eigenvalue weighted by atomic mass is 10.0. The predicted molar refractivity (Wildman–Crippen MR) is 91.1 cm³/mol. The molecule has 0 saturated carbocycles. The van der Waals surface area contributed by atoms with E-state index in [9.17, 15) is 0 Å². The second-order valence-electron chi connectivity index (χ2n) is 5.85. The molecule has 2 aromatic rings. The van der Waals surface area contributed by atoms with Crippen molar-refractivity contribution in [1.29, 1.82) is 0 Å². The standard InChI is InChI=1S/C17H24N2OS/c1-4-18-17(14-11-21-8-7-19(14)3)16-10-13-9-12(2)5-6-15(13)20-16/h5-6,9-10,14,17-18H,4,7-8,11H2,1-3H3. The van der Waals surface area contributed by atoms with Crippen LogP contribution in [0.3, 0.4) is 0 Å². The molecule has 2 heterocycles. The summed E-state index contributed by atoms with van der Waals surface area (Å²) in [5, 5.41) is 4.83. The number of aryl methyl sites for hydroxylation is 1. The summed E-state index contributed by atoms with van der Waals surface area (Å²) in [6, 6.07) is 9.36. The third-order valence-corrected chi connectivity index (χ3v) is 5.30. The second-order valence-corrected chi connectivity index (χ2v) is 7.00. The molecule has 21 heavy (non-hydrogen) atoms. The summed E-state index contributed by atoms with van der Waals surface area (Å²) in [6.07, 6.45) is 0. The lowest BCUT2D eigenvalue weighted by Crippen LogP contribution is -2.47. The van der Waals surface area contributed by atoms with Crippen molar-refractivity contribution in [1.82, 2.24) is 10.2 Å². The zero-order chi connectivity index (χ0) is 14.8. The molecule has 0 radical (unpaired) electrons. The van der Waals surface area contributed by atoms with Gasteiger partial charge in [0.15, 0.2) is 0 Å². The Morgan fingerprint density at radius 1 is 1.43 bits per heavy atom. The van der Waals surface area contributed by atoms with E-state index in [0.29, 0.717) is 6.04 Å². The molecule has 3 nitrogen and oxygen atoms in total. The Bertz CT molecular complexity index is 610. The Kier molecular flexibility index (Phi) is 4.57. The van der Waals surface area contributed by atoms with Crippen molar-refractivity contribution in [3.8, 4) is 0 Å². The van der Waals surface area contributed by atoms with E-state index in [1.165, 1.54) is 16.7 Å². The third-order valence-electron chi connectivity index (χ3n) is 4.25. The van der Waals surface area contributed by atoms with E-state index in [2.05, 4.69) is 55.4 Å². The number of fused-ring (bicyclic) bond motifs is 1. The van der Waals surface area contributed by atoms with Gasteiger partial charge in [0, 0.05) is 29.5 Å². The van der Waals surface area contributed by atoms with Gasteiger partial charge >= 0.3 is 0 Å². The van der Waals surface area contributed by atoms with Crippen LogP contribution < -0.4 is 5.32 Å². The maximum absolute atomic E-state index is 6.14. The van der Waals surface area contributed by atoms with Crippen LogP contribution in [0.15, 0.2) is 28.7 Å². The molecule has 0 spiro atoms. The number of thioether (sulfide) groups is 1. The average molecular weight is 304 g/mol. The molecule has 1 aliphatic rings. The number of benzene rings is 1. The molecule has 1 fully saturated rings. The molecule has 0 amide bonds. The van der Waals surface area contributed by atoms with Crippen LogP contribution in [-0.4, -0.2) is 42.6 Å². The quantitative estimate of drug-likeness (QED) is 0.936. The highest BCUT2D eigenvalue weighted by Crippen LogP contribution is 2.31. The van der Waals surface area contributed by atoms with Crippen molar-refractivity contribution in [2.24, 2.45) is 0 Å². The van der Waals surface area contributed by atoms with Crippen LogP contribution in [0.25, 0.3) is 11.0 Å². The van der Waals surface area contributed by atoms with Crippen molar-refractivity contribution in [2.75, 3.05) is 31.6 Å². The van der Waals surface area contributed by atoms with Gasteiger partial charge in [-0.1, -0.05) is 18.6 Å². The van der Waals surface area contributed by atoms with Crippen molar-refractivity contribution in [3.05, 3.63) is 35.6 Å². The lowest BCUT2D eigenvalue weighted by molar-refractivity contribution is 0.203. The highest BCUT2D eigenvalue weighted by atomic mass is 32.2. The van der Waals surface area contributed by atoms with Crippen LogP contribution >= 0.6 is 11.8 Å². The predicted octanol–water partition coefficient (Wildman–Crippen LogP) is 3.44. The Hall–Kier alpha value is -0.970. The SMILES string of the molecule is CCNC(c1cc2cc(C)ccc2o1)C1CSCCN1C. The van der Waals surface area contributed by atoms with E-state index in [-0.39, 0.29) is 6.04 Å². The van der Waals surface area contributed by atoms with Gasteiger partial charge in [-0.25, -0.2) is 0 Å². The molecular weight excluding hydrogens is 280 g/mol. The van der Waals surface area contributed by atoms with Crippen molar-refractivity contribution < 1.29 is 4.42 Å². The molecule has 3 rings (SSSR count). The molecule has 2 unspecified atom stereocenters. The van der Waals surface area contributed by atoms with E-state index < -0.39 is 0 Å². The first kappa shape index (κ1) is 14.9. The normalized spacial score (nSPS) is 21.8. The summed E-state index contributed by atoms with van der Waals surface area (Å²) >= 11 is 2.04. The van der Waals surface area contributed by atoms with Crippen molar-refractivity contribution >= 4 is 22.7 Å². The van der Waals surface area contributed by atoms with E-state index in [1.807, 2.05) is 11.8 Å². The molecule has 4 heteroatoms. The zero-order valence-corrected chi connectivity index (χ0v) is 13.9. The fourth-order valence-electron chi connectivity index (χ4n) is 3.04. The van der Waals surface area contributed by atoms with Gasteiger partial charge in [-0.3, -0.25) is 4.90 Å². The Morgan fingerprint density at radius 2 is 2.29 bits per heavy atom. The number of nitrogens with one attached hydrogen (secondary N) is 1. The van der Waals surface area contributed by atoms with Crippen molar-refractivity contribution in [3.63, 3.8) is 0 Å². The number of hydrogen-bond donors (Lipinski definition) is 1. The minimum Gasteiger partial charge on any atom is -0.459 e. The first-order valence-corrected chi connectivity index (χ1v) is 8.86. The Balaban J connectivity index is 1.94. The highest BCUT2D eigenvalue weighted by molar-refractivity contribution is 7.99. The second kappa shape index (κ2) is 6.42. The topological polar surface area (TPSA) is 28.4 Å². The summed E-state index contributed by atoms with van der Waals surface area (Å²) in [7, 11) is 2.22. The number of rotatable bonds is 4. The van der Waals surface area contributed by atoms with E-state index in [0.717, 1.165) is 30.2 Å². The average Bonchev–Trinajstić information content (AvgIpc) is 2.88. The molecular formula is C17H24N2OS. The molecule has 114 valence electrons. The fourth-order valence-corrected chi connectivity index (χ4v) is 4.31. The third kappa shape index (κ3) is 3.12. The van der Waals surface area contributed by atoms with Crippen LogP contribution in [0, 0.1) is 6.92 Å². The highest BCUT2D eigenvalue weighted by Gasteiger charge is 2.30. The smallest absolute Gasteiger partial charge is 0.134 e. The molecule has 0 aliphatic carbocycles. The monoisotopic (exact) mass is 304 g/mol. The maximum atomic E-state index is 6.14. The van der Waals surface area contributed by atoms with Gasteiger partial charge in [0.1, 0.15) is 11.3 Å². The number of nitrogens with zero attached hydrogens (tertiary/aromatic N) is 1. The molecule has 1 aromatic carbocycles. The van der Waals surface area contributed by atoms with Crippen LogP contribution in [0.2, 0.25) is 0 Å². The van der Waals surface area contributed by atoms with Gasteiger partial charge in [0.25, 0.3) is 0 Å². The largest absolute Gasteiger partial charge is 0.459 e. The molecule has 2 atom stereocenters. The van der Waals surface area contributed by atoms with E-state index >= 15 is 0 Å². The summed E-state index contributed by atoms with van der Waals surface area (Å²) in [4.78, 5) is 2.46. The van der Waals surface area contributed by atoms with Crippen LogP contribution in [0.1, 0.15) is 24.3 Å². The Labute approximate surface area is 131 Å². The number of hydrogen-bond acceptors (Lipinski definition) is 4. The molecule has 0 bridgehead atoms. The molecule has 1 saturated heterocycles. The fraction of sp³-hybridized carbons (Fsp3) is 0.529. The number of furan rings is 1. The zero-order valence-electron chi connectivity index (χ0n) is 13.1. The van der Waals surface area contributed by atoms with Gasteiger partial charge in [0.05, 0.1) is 6.04 Å². The minimum atomic E-state index is 0.264. The maximum Gasteiger partial charge on any atom is 0.134 e. The summed E-state index contributed by atoms with van der Waals surface area (Å²) < 4.78 is 6.14. The van der Waals surface area contributed by atoms with Crippen LogP contribution in [-0.2, 0) is 0 Å². The van der Waals surface area contributed by atoms with Crippen LogP contribution in [0.4, 0.5) is 0 Å². The number of likely N-dealkylation sites (N-methyl/N-ethyl adjacent to an activating group) is 2. The summed E-state index contributed by atoms with van der Waals surface area (Å²) in [6.45, 7) is 6.39. The first-order chi connectivity index (χ1) is 10.2. The first-order valence-electron chi connectivity index (χ1n) is 7.70. The van der Waals surface area contributed by atoms with Crippen LogP contribution in [0.5, 0.6) is 0 Å². The molecule has 1 N–H and O–H groups in total. The summed E-state index contributed by atoms with van der Waals surface area (Å²) in [5.74, 6) is 3.45. The van der Waals surface area contributed by atoms with Gasteiger partial charge in [0.2, 0.25) is 0 Å². The van der Waals surface area contributed by atoms with Gasteiger partial charge in [-0.05, 0) is 38.7 Å². The van der Waals surface area contributed by atoms with Gasteiger partial charge in [-0.15, -0.1) is 0 Å². The van der Waals surface area contributed by atoms with Crippen molar-refractivity contribution in [2.45, 2.75) is 25.9 Å². The van der Waals surface area contributed by atoms with Gasteiger partial charge < -0.3 is 9.73 Å². The minimum absolute atomic E-state index is 0.264. The Morgan fingerprint density at radius 3 is 3.05 bits per heavy atom. The molecule has 1 aromatic heterocycles. The van der Waals surface area contributed by atoms with E-state index in [1.54, 1.807) is 0 Å². The van der Waals surface area contributed by atoms with Gasteiger partial charge in [-0.2, -0.15) is 11.8 Å².